The highest BCUT2D eigenvalue weighted by Gasteiger charge is 2.71. The zero-order chi connectivity index (χ0) is 9.38. The average molecular weight is 178 g/mol. The van der Waals surface area contributed by atoms with Crippen molar-refractivity contribution in [1.82, 2.24) is 0 Å². The number of rotatable bonds is 1. The van der Waals surface area contributed by atoms with Gasteiger partial charge in [0.25, 0.3) is 0 Å². The molecular weight excluding hydrogens is 160 g/mol. The standard InChI is InChI=1S/C12H18O/c1-6-7-5-8-9(6)10(8)11(7)13-12(2,3)4/h7-11H,1,5H2,2-4H3/t7-,8-,9-,10+,11-/m0/s1. The van der Waals surface area contributed by atoms with Gasteiger partial charge in [-0.1, -0.05) is 12.2 Å². The van der Waals surface area contributed by atoms with E-state index in [0.29, 0.717) is 12.0 Å². The molecule has 4 bridgehead atoms. The van der Waals surface area contributed by atoms with Crippen LogP contribution in [-0.4, -0.2) is 11.7 Å². The normalized spacial score (nSPS) is 51.6. The molecule has 4 rings (SSSR count). The Morgan fingerprint density at radius 3 is 2.38 bits per heavy atom. The molecule has 0 spiro atoms. The molecule has 72 valence electrons. The Morgan fingerprint density at radius 1 is 1.38 bits per heavy atom. The van der Waals surface area contributed by atoms with Gasteiger partial charge in [0.15, 0.2) is 0 Å². The molecule has 1 heteroatoms. The van der Waals surface area contributed by atoms with Gasteiger partial charge < -0.3 is 4.74 Å². The summed E-state index contributed by atoms with van der Waals surface area (Å²) in [6, 6.07) is 0. The smallest absolute Gasteiger partial charge is 0.0684 e. The van der Waals surface area contributed by atoms with E-state index in [1.807, 2.05) is 0 Å². The SMILES string of the molecule is C=C1[C@H]2[C@@H]3C[C@@H]1[C@H](OC(C)(C)C)[C@H]32. The molecule has 0 aromatic rings. The maximum atomic E-state index is 6.12. The van der Waals surface area contributed by atoms with E-state index in [9.17, 15) is 0 Å². The maximum absolute atomic E-state index is 6.12. The first-order chi connectivity index (χ1) is 5.99. The average Bonchev–Trinajstić information content (AvgIpc) is 2.32. The van der Waals surface area contributed by atoms with E-state index >= 15 is 0 Å². The summed E-state index contributed by atoms with van der Waals surface area (Å²) in [5.74, 6) is 3.39. The van der Waals surface area contributed by atoms with E-state index < -0.39 is 0 Å². The number of ether oxygens (including phenoxy) is 1. The Balaban J connectivity index is 1.79. The molecule has 0 amide bonds. The fourth-order valence-corrected chi connectivity index (χ4v) is 3.55. The van der Waals surface area contributed by atoms with Crippen molar-refractivity contribution in [3.8, 4) is 0 Å². The van der Waals surface area contributed by atoms with Gasteiger partial charge in [-0.2, -0.15) is 0 Å². The molecule has 4 aliphatic carbocycles. The van der Waals surface area contributed by atoms with Gasteiger partial charge >= 0.3 is 0 Å². The third-order valence-electron chi connectivity index (χ3n) is 3.93. The number of hydrogen-bond acceptors (Lipinski definition) is 1. The third kappa shape index (κ3) is 0.914. The molecule has 5 atom stereocenters. The molecule has 0 heterocycles. The highest BCUT2D eigenvalue weighted by atomic mass is 16.5. The van der Waals surface area contributed by atoms with Crippen LogP contribution < -0.4 is 0 Å². The number of hydrogen-bond donors (Lipinski definition) is 0. The van der Waals surface area contributed by atoms with Crippen LogP contribution in [0.4, 0.5) is 0 Å². The maximum Gasteiger partial charge on any atom is 0.0684 e. The lowest BCUT2D eigenvalue weighted by Gasteiger charge is -2.27. The summed E-state index contributed by atoms with van der Waals surface area (Å²) in [4.78, 5) is 0. The predicted octanol–water partition coefficient (Wildman–Crippen LogP) is 2.62. The van der Waals surface area contributed by atoms with Crippen LogP contribution in [0.1, 0.15) is 27.2 Å². The first kappa shape index (κ1) is 8.05. The van der Waals surface area contributed by atoms with Gasteiger partial charge in [-0.3, -0.25) is 0 Å². The van der Waals surface area contributed by atoms with Crippen molar-refractivity contribution in [3.05, 3.63) is 12.2 Å². The Bertz CT molecular complexity index is 273. The molecule has 0 saturated heterocycles. The lowest BCUT2D eigenvalue weighted by molar-refractivity contribution is -0.0729. The minimum absolute atomic E-state index is 0.0234. The van der Waals surface area contributed by atoms with E-state index in [4.69, 9.17) is 4.74 Å². The van der Waals surface area contributed by atoms with Crippen molar-refractivity contribution < 1.29 is 4.74 Å². The topological polar surface area (TPSA) is 9.23 Å². The predicted molar refractivity (Wildman–Crippen MR) is 52.3 cm³/mol. The Morgan fingerprint density at radius 2 is 2.08 bits per heavy atom. The van der Waals surface area contributed by atoms with E-state index in [-0.39, 0.29) is 5.60 Å². The van der Waals surface area contributed by atoms with Gasteiger partial charge in [-0.25, -0.2) is 0 Å². The van der Waals surface area contributed by atoms with Gasteiger partial charge in [0.2, 0.25) is 0 Å². The highest BCUT2D eigenvalue weighted by Crippen LogP contribution is 2.73. The van der Waals surface area contributed by atoms with Crippen LogP contribution in [0.15, 0.2) is 12.2 Å². The summed E-state index contributed by atoms with van der Waals surface area (Å²) in [5.41, 5.74) is 1.53. The molecule has 4 aliphatic rings. The molecule has 4 fully saturated rings. The molecule has 0 unspecified atom stereocenters. The molecule has 0 N–H and O–H groups in total. The molecule has 13 heavy (non-hydrogen) atoms. The second kappa shape index (κ2) is 2.03. The summed E-state index contributed by atoms with van der Waals surface area (Å²) in [5, 5.41) is 0. The van der Waals surface area contributed by atoms with Crippen molar-refractivity contribution in [1.29, 1.82) is 0 Å². The molecule has 0 aromatic heterocycles. The van der Waals surface area contributed by atoms with Crippen LogP contribution in [0.2, 0.25) is 0 Å². The first-order valence-electron chi connectivity index (χ1n) is 5.35. The Kier molecular flexibility index (Phi) is 1.26. The Labute approximate surface area is 80.2 Å². The van der Waals surface area contributed by atoms with Gasteiger partial charge in [-0.05, 0) is 44.9 Å². The molecule has 0 aromatic carbocycles. The lowest BCUT2D eigenvalue weighted by atomic mass is 10.0. The van der Waals surface area contributed by atoms with E-state index in [0.717, 1.165) is 17.8 Å². The fourth-order valence-electron chi connectivity index (χ4n) is 3.55. The summed E-state index contributed by atoms with van der Waals surface area (Å²) < 4.78 is 6.12. The van der Waals surface area contributed by atoms with Crippen molar-refractivity contribution in [2.75, 3.05) is 0 Å². The van der Waals surface area contributed by atoms with Gasteiger partial charge in [0.05, 0.1) is 11.7 Å². The van der Waals surface area contributed by atoms with E-state index in [1.54, 1.807) is 0 Å². The van der Waals surface area contributed by atoms with Gasteiger partial charge in [-0.15, -0.1) is 0 Å². The quantitative estimate of drug-likeness (QED) is 0.561. The van der Waals surface area contributed by atoms with Gasteiger partial charge in [0.1, 0.15) is 0 Å². The fraction of sp³-hybridized carbons (Fsp3) is 0.833. The van der Waals surface area contributed by atoms with Crippen LogP contribution >= 0.6 is 0 Å². The third-order valence-corrected chi connectivity index (χ3v) is 3.93. The molecule has 0 radical (unpaired) electrons. The summed E-state index contributed by atoms with van der Waals surface area (Å²) in [6.45, 7) is 10.7. The molecule has 4 saturated carbocycles. The molecule has 0 aliphatic heterocycles. The van der Waals surface area contributed by atoms with E-state index in [2.05, 4.69) is 27.4 Å². The van der Waals surface area contributed by atoms with Crippen LogP contribution in [0.5, 0.6) is 0 Å². The minimum Gasteiger partial charge on any atom is -0.372 e. The summed E-state index contributed by atoms with van der Waals surface area (Å²) in [7, 11) is 0. The van der Waals surface area contributed by atoms with Crippen molar-refractivity contribution in [3.63, 3.8) is 0 Å². The minimum atomic E-state index is 0.0234. The first-order valence-corrected chi connectivity index (χ1v) is 5.35. The zero-order valence-corrected chi connectivity index (χ0v) is 8.71. The Hall–Kier alpha value is -0.300. The van der Waals surface area contributed by atoms with Crippen LogP contribution in [0.3, 0.4) is 0 Å². The largest absolute Gasteiger partial charge is 0.372 e. The van der Waals surface area contributed by atoms with Crippen LogP contribution in [0, 0.1) is 23.7 Å². The van der Waals surface area contributed by atoms with Crippen molar-refractivity contribution >= 4 is 0 Å². The monoisotopic (exact) mass is 178 g/mol. The summed E-state index contributed by atoms with van der Waals surface area (Å²) >= 11 is 0. The van der Waals surface area contributed by atoms with Crippen molar-refractivity contribution in [2.45, 2.75) is 38.9 Å². The summed E-state index contributed by atoms with van der Waals surface area (Å²) in [6.07, 6.45) is 1.89. The van der Waals surface area contributed by atoms with Crippen molar-refractivity contribution in [2.24, 2.45) is 23.7 Å². The van der Waals surface area contributed by atoms with Crippen LogP contribution in [0.25, 0.3) is 0 Å². The van der Waals surface area contributed by atoms with Gasteiger partial charge in [0, 0.05) is 5.92 Å². The second-order valence-electron chi connectivity index (χ2n) is 5.88. The highest BCUT2D eigenvalue weighted by molar-refractivity contribution is 5.36. The lowest BCUT2D eigenvalue weighted by Crippen LogP contribution is -2.29. The van der Waals surface area contributed by atoms with E-state index in [1.165, 1.54) is 12.0 Å². The van der Waals surface area contributed by atoms with Crippen LogP contribution in [-0.2, 0) is 4.74 Å². The molecule has 1 nitrogen and oxygen atoms in total. The second-order valence-corrected chi connectivity index (χ2v) is 5.88. The molecular formula is C12H18O. The zero-order valence-electron chi connectivity index (χ0n) is 8.71.